The van der Waals surface area contributed by atoms with E-state index in [1.165, 1.54) is 23.1 Å². The summed E-state index contributed by atoms with van der Waals surface area (Å²) in [4.78, 5) is 52.3. The van der Waals surface area contributed by atoms with Crippen LogP contribution in [0.25, 0.3) is 0 Å². The molecule has 4 amide bonds. The SMILES string of the molecule is CC[C@@H](C)N1C(=O)[C@@H]2[C@H](CCC(N)=O)N[C@@]3(C(=O)Nc4ccc(F)cc43)[C@@H]2C1=O. The number of nitrogens with two attached hydrogens (primary N) is 1. The highest BCUT2D eigenvalue weighted by Crippen LogP contribution is 2.53. The number of halogens is 1. The molecule has 3 heterocycles. The van der Waals surface area contributed by atoms with Crippen LogP contribution in [-0.4, -0.2) is 40.6 Å². The molecule has 0 aliphatic carbocycles. The quantitative estimate of drug-likeness (QED) is 0.623. The second kappa shape index (κ2) is 6.62. The summed E-state index contributed by atoms with van der Waals surface area (Å²) in [6, 6.07) is 2.95. The third-order valence-electron chi connectivity index (χ3n) is 6.44. The number of nitrogens with zero attached hydrogens (tertiary/aromatic N) is 1. The van der Waals surface area contributed by atoms with E-state index in [0.29, 0.717) is 17.7 Å². The molecule has 0 saturated carbocycles. The van der Waals surface area contributed by atoms with Crippen molar-refractivity contribution in [3.05, 3.63) is 29.6 Å². The van der Waals surface area contributed by atoms with Gasteiger partial charge in [0, 0.05) is 29.8 Å². The minimum Gasteiger partial charge on any atom is -0.370 e. The molecular weight excluding hydrogens is 379 g/mol. The molecule has 1 aromatic carbocycles. The number of amides is 4. The van der Waals surface area contributed by atoms with Gasteiger partial charge in [-0.2, -0.15) is 0 Å². The van der Waals surface area contributed by atoms with Crippen LogP contribution in [0, 0.1) is 17.7 Å². The molecule has 3 aliphatic rings. The van der Waals surface area contributed by atoms with Gasteiger partial charge in [0.25, 0.3) is 0 Å². The smallest absolute Gasteiger partial charge is 0.250 e. The highest BCUT2D eigenvalue weighted by molar-refractivity contribution is 6.15. The summed E-state index contributed by atoms with van der Waals surface area (Å²) in [5.74, 6) is -4.24. The van der Waals surface area contributed by atoms with Crippen LogP contribution in [0.3, 0.4) is 0 Å². The molecule has 8 nitrogen and oxygen atoms in total. The number of hydrogen-bond donors (Lipinski definition) is 3. The van der Waals surface area contributed by atoms with Crippen LogP contribution in [-0.2, 0) is 24.7 Å². The molecule has 0 unspecified atom stereocenters. The Bertz CT molecular complexity index is 935. The van der Waals surface area contributed by atoms with E-state index in [1.54, 1.807) is 6.92 Å². The van der Waals surface area contributed by atoms with E-state index in [1.807, 2.05) is 6.92 Å². The zero-order valence-corrected chi connectivity index (χ0v) is 16.2. The van der Waals surface area contributed by atoms with Crippen LogP contribution in [0.2, 0.25) is 0 Å². The lowest BCUT2D eigenvalue weighted by molar-refractivity contribution is -0.145. The molecule has 5 atom stereocenters. The van der Waals surface area contributed by atoms with Crippen molar-refractivity contribution in [2.45, 2.75) is 50.7 Å². The summed E-state index contributed by atoms with van der Waals surface area (Å²) in [7, 11) is 0. The van der Waals surface area contributed by atoms with E-state index in [4.69, 9.17) is 5.73 Å². The van der Waals surface area contributed by atoms with Gasteiger partial charge in [0.1, 0.15) is 11.4 Å². The Morgan fingerprint density at radius 2 is 2.03 bits per heavy atom. The summed E-state index contributed by atoms with van der Waals surface area (Å²) in [6.07, 6.45) is 0.768. The van der Waals surface area contributed by atoms with Gasteiger partial charge in [0.05, 0.1) is 11.8 Å². The van der Waals surface area contributed by atoms with Gasteiger partial charge in [-0.15, -0.1) is 0 Å². The molecule has 29 heavy (non-hydrogen) atoms. The number of imide groups is 1. The molecule has 1 spiro atoms. The summed E-state index contributed by atoms with van der Waals surface area (Å²) < 4.78 is 14.1. The fourth-order valence-corrected chi connectivity index (χ4v) is 4.96. The zero-order chi connectivity index (χ0) is 21.1. The summed E-state index contributed by atoms with van der Waals surface area (Å²) in [5.41, 5.74) is 4.44. The largest absolute Gasteiger partial charge is 0.370 e. The van der Waals surface area contributed by atoms with Gasteiger partial charge in [-0.1, -0.05) is 6.92 Å². The van der Waals surface area contributed by atoms with Crippen LogP contribution in [0.1, 0.15) is 38.7 Å². The second-order valence-electron chi connectivity index (χ2n) is 8.02. The van der Waals surface area contributed by atoms with E-state index < -0.39 is 47.0 Å². The predicted molar refractivity (Wildman–Crippen MR) is 101 cm³/mol. The van der Waals surface area contributed by atoms with E-state index in [0.717, 1.165) is 0 Å². The number of fused-ring (bicyclic) bond motifs is 4. The molecular formula is C20H23FN4O4. The van der Waals surface area contributed by atoms with Gasteiger partial charge in [-0.25, -0.2) is 4.39 Å². The van der Waals surface area contributed by atoms with E-state index in [2.05, 4.69) is 10.6 Å². The summed E-state index contributed by atoms with van der Waals surface area (Å²) in [6.45, 7) is 3.64. The van der Waals surface area contributed by atoms with Crippen molar-refractivity contribution in [2.75, 3.05) is 5.32 Å². The van der Waals surface area contributed by atoms with Crippen molar-refractivity contribution < 1.29 is 23.6 Å². The van der Waals surface area contributed by atoms with Crippen LogP contribution in [0.4, 0.5) is 10.1 Å². The van der Waals surface area contributed by atoms with Gasteiger partial charge >= 0.3 is 0 Å². The normalized spacial score (nSPS) is 31.2. The first-order chi connectivity index (χ1) is 13.7. The number of carbonyl (C=O) groups excluding carboxylic acids is 4. The fraction of sp³-hybridized carbons (Fsp3) is 0.500. The van der Waals surface area contributed by atoms with Crippen LogP contribution < -0.4 is 16.4 Å². The second-order valence-corrected chi connectivity index (χ2v) is 8.02. The lowest BCUT2D eigenvalue weighted by atomic mass is 9.76. The number of likely N-dealkylation sites (tertiary alicyclic amines) is 1. The topological polar surface area (TPSA) is 122 Å². The Labute approximate surface area is 167 Å². The minimum atomic E-state index is -1.56. The molecule has 4 rings (SSSR count). The fourth-order valence-electron chi connectivity index (χ4n) is 4.96. The average Bonchev–Trinajstić information content (AvgIpc) is 3.25. The Kier molecular flexibility index (Phi) is 4.45. The summed E-state index contributed by atoms with van der Waals surface area (Å²) in [5, 5.41) is 5.85. The molecule has 2 fully saturated rings. The van der Waals surface area contributed by atoms with Crippen molar-refractivity contribution >= 4 is 29.3 Å². The first-order valence-electron chi connectivity index (χ1n) is 9.76. The first-order valence-corrected chi connectivity index (χ1v) is 9.76. The van der Waals surface area contributed by atoms with E-state index >= 15 is 0 Å². The molecule has 0 radical (unpaired) electrons. The molecule has 9 heteroatoms. The van der Waals surface area contributed by atoms with E-state index in [9.17, 15) is 23.6 Å². The van der Waals surface area contributed by atoms with Crippen molar-refractivity contribution in [3.8, 4) is 0 Å². The number of primary amides is 1. The maximum absolute atomic E-state index is 14.1. The van der Waals surface area contributed by atoms with Gasteiger partial charge in [0.2, 0.25) is 23.6 Å². The van der Waals surface area contributed by atoms with Crippen molar-refractivity contribution in [2.24, 2.45) is 17.6 Å². The maximum atomic E-state index is 14.1. The first kappa shape index (κ1) is 19.5. The highest BCUT2D eigenvalue weighted by Gasteiger charge is 2.70. The van der Waals surface area contributed by atoms with Gasteiger partial charge < -0.3 is 11.1 Å². The van der Waals surface area contributed by atoms with Crippen molar-refractivity contribution in [1.29, 1.82) is 0 Å². The highest BCUT2D eigenvalue weighted by atomic mass is 19.1. The Morgan fingerprint density at radius 3 is 2.69 bits per heavy atom. The maximum Gasteiger partial charge on any atom is 0.250 e. The number of carbonyl (C=O) groups is 4. The number of anilines is 1. The average molecular weight is 402 g/mol. The lowest BCUT2D eigenvalue weighted by Gasteiger charge is -2.31. The van der Waals surface area contributed by atoms with Gasteiger partial charge in [0.15, 0.2) is 0 Å². The lowest BCUT2D eigenvalue weighted by Crippen LogP contribution is -2.54. The molecule has 3 aliphatic heterocycles. The van der Waals surface area contributed by atoms with Crippen molar-refractivity contribution in [1.82, 2.24) is 10.2 Å². The standard InChI is InChI=1S/C20H23FN4O4/c1-3-9(2)25-17(27)15-13(6-7-14(22)26)24-20(16(15)18(25)28)11-8-10(21)4-5-12(11)23-19(20)29/h4-5,8-9,13,15-16,24H,3,6-7H2,1-2H3,(H2,22,26)(H,23,29)/t9-,13+,15-,16+,20-/m1/s1. The monoisotopic (exact) mass is 402 g/mol. The van der Waals surface area contributed by atoms with Crippen LogP contribution >= 0.6 is 0 Å². The Hall–Kier alpha value is -2.81. The number of rotatable bonds is 5. The number of hydrogen-bond acceptors (Lipinski definition) is 5. The van der Waals surface area contributed by atoms with Gasteiger partial charge in [-0.05, 0) is 38.0 Å². The summed E-state index contributed by atoms with van der Waals surface area (Å²) >= 11 is 0. The van der Waals surface area contributed by atoms with Crippen LogP contribution in [0.5, 0.6) is 0 Å². The Morgan fingerprint density at radius 1 is 1.31 bits per heavy atom. The predicted octanol–water partition coefficient (Wildman–Crippen LogP) is 0.610. The molecule has 0 bridgehead atoms. The molecule has 1 aromatic rings. The third-order valence-corrected chi connectivity index (χ3v) is 6.44. The van der Waals surface area contributed by atoms with Crippen molar-refractivity contribution in [3.63, 3.8) is 0 Å². The number of nitrogens with one attached hydrogen (secondary N) is 2. The Balaban J connectivity index is 1.85. The molecule has 0 aromatic heterocycles. The number of benzene rings is 1. The van der Waals surface area contributed by atoms with Crippen LogP contribution in [0.15, 0.2) is 18.2 Å². The third kappa shape index (κ3) is 2.60. The zero-order valence-electron chi connectivity index (χ0n) is 16.2. The minimum absolute atomic E-state index is 0.000600. The van der Waals surface area contributed by atoms with E-state index in [-0.39, 0.29) is 24.8 Å². The molecule has 2 saturated heterocycles. The van der Waals surface area contributed by atoms with Gasteiger partial charge in [-0.3, -0.25) is 29.4 Å². The molecule has 154 valence electrons. The molecule has 4 N–H and O–H groups in total.